The summed E-state index contributed by atoms with van der Waals surface area (Å²) in [5.41, 5.74) is 2.37. The summed E-state index contributed by atoms with van der Waals surface area (Å²) in [4.78, 5) is 11.9. The Labute approximate surface area is 143 Å². The van der Waals surface area contributed by atoms with Crippen LogP contribution >= 0.6 is 18.8 Å². The van der Waals surface area contributed by atoms with Crippen molar-refractivity contribution in [3.63, 3.8) is 0 Å². The van der Waals surface area contributed by atoms with Crippen LogP contribution in [0.3, 0.4) is 0 Å². The molecule has 0 saturated heterocycles. The zero-order valence-corrected chi connectivity index (χ0v) is 16.3. The Kier molecular flexibility index (Phi) is 12.4. The standard InChI is InChI=1S/2C7H10N2.2ClH.Pt/c2*1-9(2)7-3-5-8-6-4-7;;;/h2*3-6H,1-2H3;2*1H;/q;;;;+2/p-2. The van der Waals surface area contributed by atoms with Crippen LogP contribution in [0.2, 0.25) is 0 Å². The van der Waals surface area contributed by atoms with E-state index >= 15 is 0 Å². The number of hydrogen-bond acceptors (Lipinski definition) is 4. The molecule has 0 atom stereocenters. The normalized spacial score (nSPS) is 8.86. The summed E-state index contributed by atoms with van der Waals surface area (Å²) < 4.78 is 0. The number of nitrogens with zero attached hydrogens (tertiary/aromatic N) is 4. The molecule has 2 aromatic heterocycles. The van der Waals surface area contributed by atoms with Crippen molar-refractivity contribution < 1.29 is 16.5 Å². The Morgan fingerprint density at radius 1 is 0.714 bits per heavy atom. The minimum absolute atomic E-state index is 0.472. The number of halogens is 2. The van der Waals surface area contributed by atoms with Crippen molar-refractivity contribution in [1.82, 2.24) is 9.97 Å². The third-order valence-corrected chi connectivity index (χ3v) is 2.36. The Morgan fingerprint density at radius 2 is 0.952 bits per heavy atom. The molecule has 2 aromatic rings. The van der Waals surface area contributed by atoms with Crippen LogP contribution < -0.4 is 9.80 Å². The second-order valence-electron chi connectivity index (χ2n) is 4.24. The summed E-state index contributed by atoms with van der Waals surface area (Å²) in [5, 5.41) is 0. The van der Waals surface area contributed by atoms with Crippen molar-refractivity contribution in [1.29, 1.82) is 0 Å². The van der Waals surface area contributed by atoms with Crippen molar-refractivity contribution in [3.8, 4) is 0 Å². The van der Waals surface area contributed by atoms with Crippen LogP contribution in [0, 0.1) is 0 Å². The van der Waals surface area contributed by atoms with Gasteiger partial charge in [0.2, 0.25) is 0 Å². The van der Waals surface area contributed by atoms with Gasteiger partial charge >= 0.3 is 35.3 Å². The van der Waals surface area contributed by atoms with E-state index in [-0.39, 0.29) is 0 Å². The molecule has 0 aliphatic rings. The van der Waals surface area contributed by atoms with Gasteiger partial charge in [0.15, 0.2) is 0 Å². The summed E-state index contributed by atoms with van der Waals surface area (Å²) >= 11 is -0.472. The number of rotatable bonds is 2. The van der Waals surface area contributed by atoms with Crippen molar-refractivity contribution in [3.05, 3.63) is 49.1 Å². The molecule has 0 N–H and O–H groups in total. The van der Waals surface area contributed by atoms with Gasteiger partial charge in [-0.3, -0.25) is 9.97 Å². The second kappa shape index (κ2) is 12.9. The summed E-state index contributed by atoms with van der Waals surface area (Å²) in [6.45, 7) is 0. The second-order valence-corrected chi connectivity index (χ2v) is 7.53. The van der Waals surface area contributed by atoms with E-state index in [9.17, 15) is 0 Å². The van der Waals surface area contributed by atoms with E-state index in [1.165, 1.54) is 11.4 Å². The van der Waals surface area contributed by atoms with Gasteiger partial charge in [-0.15, -0.1) is 0 Å². The summed E-state index contributed by atoms with van der Waals surface area (Å²) in [7, 11) is 17.8. The maximum absolute atomic E-state index is 4.88. The van der Waals surface area contributed by atoms with Crippen LogP contribution in [0.1, 0.15) is 0 Å². The molecule has 120 valence electrons. The predicted octanol–water partition coefficient (Wildman–Crippen LogP) is 3.67. The molecule has 21 heavy (non-hydrogen) atoms. The first-order valence-electron chi connectivity index (χ1n) is 6.00. The third kappa shape index (κ3) is 10.5. The van der Waals surface area contributed by atoms with Crippen molar-refractivity contribution in [2.24, 2.45) is 0 Å². The molecule has 2 heterocycles. The van der Waals surface area contributed by atoms with E-state index in [0.29, 0.717) is 0 Å². The van der Waals surface area contributed by atoms with Gasteiger partial charge in [0.25, 0.3) is 0 Å². The molecule has 4 nitrogen and oxygen atoms in total. The van der Waals surface area contributed by atoms with E-state index in [0.717, 1.165) is 0 Å². The van der Waals surface area contributed by atoms with Gasteiger partial charge in [-0.05, 0) is 24.3 Å². The number of anilines is 2. The van der Waals surface area contributed by atoms with E-state index in [4.69, 9.17) is 18.8 Å². The van der Waals surface area contributed by atoms with Crippen LogP contribution in [0.15, 0.2) is 49.1 Å². The fraction of sp³-hybridized carbons (Fsp3) is 0.286. The maximum atomic E-state index is 4.88. The molecule has 2 rings (SSSR count). The Balaban J connectivity index is 0.000000322. The monoisotopic (exact) mass is 509 g/mol. The number of pyridine rings is 2. The molecule has 0 aromatic carbocycles. The summed E-state index contributed by atoms with van der Waals surface area (Å²) in [6.07, 6.45) is 7.15. The van der Waals surface area contributed by atoms with Crippen molar-refractivity contribution in [2.45, 2.75) is 0 Å². The van der Waals surface area contributed by atoms with E-state index in [2.05, 4.69) is 9.97 Å². The van der Waals surface area contributed by atoms with Crippen molar-refractivity contribution in [2.75, 3.05) is 38.0 Å². The van der Waals surface area contributed by atoms with Crippen molar-refractivity contribution >= 4 is 30.2 Å². The molecule has 0 saturated carbocycles. The van der Waals surface area contributed by atoms with Gasteiger partial charge in [-0.2, -0.15) is 0 Å². The van der Waals surface area contributed by atoms with Crippen LogP contribution in [0.5, 0.6) is 0 Å². The molecular formula is C14H20Cl2N4Pt. The fourth-order valence-corrected chi connectivity index (χ4v) is 1.28. The first-order valence-corrected chi connectivity index (χ1v) is 11.6. The molecule has 0 radical (unpaired) electrons. The van der Waals surface area contributed by atoms with Gasteiger partial charge < -0.3 is 9.80 Å². The topological polar surface area (TPSA) is 32.3 Å². The molecule has 0 aliphatic heterocycles. The molecule has 0 spiro atoms. The summed E-state index contributed by atoms with van der Waals surface area (Å²) in [6, 6.07) is 7.89. The molecule has 0 unspecified atom stereocenters. The first-order chi connectivity index (χ1) is 10.0. The quantitative estimate of drug-likeness (QED) is 0.618. The zero-order valence-electron chi connectivity index (χ0n) is 12.5. The molecule has 7 heteroatoms. The molecule has 0 amide bonds. The summed E-state index contributed by atoms with van der Waals surface area (Å²) in [5.74, 6) is 0. The van der Waals surface area contributed by atoms with Gasteiger partial charge in [0.1, 0.15) is 0 Å². The zero-order chi connectivity index (χ0) is 16.1. The van der Waals surface area contributed by atoms with Gasteiger partial charge in [-0.25, -0.2) is 0 Å². The third-order valence-electron chi connectivity index (χ3n) is 2.36. The SMILES string of the molecule is CN(C)c1ccncc1.CN(C)c1ccncc1.[Cl][Pt][Cl]. The number of aromatic nitrogens is 2. The van der Waals surface area contributed by atoms with Gasteiger partial charge in [0, 0.05) is 64.4 Å². The van der Waals surface area contributed by atoms with Crippen LogP contribution in [0.25, 0.3) is 0 Å². The Morgan fingerprint density at radius 3 is 1.10 bits per heavy atom. The number of hydrogen-bond donors (Lipinski definition) is 0. The van der Waals surface area contributed by atoms with Crippen LogP contribution in [0.4, 0.5) is 11.4 Å². The minimum atomic E-state index is -0.472. The average molecular weight is 510 g/mol. The molecular weight excluding hydrogens is 490 g/mol. The predicted molar refractivity (Wildman–Crippen MR) is 88.8 cm³/mol. The molecule has 0 bridgehead atoms. The van der Waals surface area contributed by atoms with E-state index in [1.807, 2.05) is 62.3 Å². The van der Waals surface area contributed by atoms with Gasteiger partial charge in [0.05, 0.1) is 0 Å². The Hall–Kier alpha value is -0.832. The molecule has 0 fully saturated rings. The van der Waals surface area contributed by atoms with Gasteiger partial charge in [-0.1, -0.05) is 0 Å². The Bertz CT molecular complexity index is 412. The van der Waals surface area contributed by atoms with Crippen LogP contribution in [-0.4, -0.2) is 38.2 Å². The average Bonchev–Trinajstić information content (AvgIpc) is 2.50. The fourth-order valence-electron chi connectivity index (χ4n) is 1.28. The van der Waals surface area contributed by atoms with E-state index < -0.39 is 16.5 Å². The van der Waals surface area contributed by atoms with Crippen LogP contribution in [-0.2, 0) is 16.5 Å². The van der Waals surface area contributed by atoms with E-state index in [1.54, 1.807) is 24.8 Å². The first kappa shape index (κ1) is 20.2. The molecule has 0 aliphatic carbocycles.